The number of hydrogen-bond acceptors (Lipinski definition) is 4. The lowest BCUT2D eigenvalue weighted by molar-refractivity contribution is 0.0746. The van der Waals surface area contributed by atoms with Gasteiger partial charge in [0.1, 0.15) is 22.2 Å². The van der Waals surface area contributed by atoms with Crippen molar-refractivity contribution >= 4 is 17.2 Å². The summed E-state index contributed by atoms with van der Waals surface area (Å²) in [6.07, 6.45) is 0. The van der Waals surface area contributed by atoms with Crippen molar-refractivity contribution in [3.05, 3.63) is 81.3 Å². The number of rotatable bonds is 6. The van der Waals surface area contributed by atoms with Gasteiger partial charge in [-0.2, -0.15) is 0 Å². The second-order valence-corrected chi connectivity index (χ2v) is 7.71. The highest BCUT2D eigenvalue weighted by atomic mass is 32.1. The van der Waals surface area contributed by atoms with Crippen LogP contribution in [0.25, 0.3) is 0 Å². The first-order chi connectivity index (χ1) is 13.0. The molecule has 2 aromatic carbocycles. The Labute approximate surface area is 164 Å². The Hall–Kier alpha value is -2.66. The quantitative estimate of drug-likeness (QED) is 0.592. The summed E-state index contributed by atoms with van der Waals surface area (Å²) in [7, 11) is 1.83. The lowest BCUT2D eigenvalue weighted by Gasteiger charge is -2.25. The van der Waals surface area contributed by atoms with Crippen LogP contribution in [0, 0.1) is 13.8 Å². The molecule has 0 radical (unpaired) electrons. The summed E-state index contributed by atoms with van der Waals surface area (Å²) < 4.78 is 5.80. The SMILES string of the molecule is Cc1ccc(OCc2nc(C)c(C(=O)N(C)[C@H](C)c3ccccc3)s2)cc1. The summed E-state index contributed by atoms with van der Waals surface area (Å²) in [6, 6.07) is 17.9. The summed E-state index contributed by atoms with van der Waals surface area (Å²) >= 11 is 1.40. The molecule has 3 rings (SSSR count). The second kappa shape index (κ2) is 8.35. The molecule has 27 heavy (non-hydrogen) atoms. The van der Waals surface area contributed by atoms with Gasteiger partial charge < -0.3 is 9.64 Å². The predicted molar refractivity (Wildman–Crippen MR) is 109 cm³/mol. The maximum absolute atomic E-state index is 13.0. The molecule has 0 aliphatic rings. The van der Waals surface area contributed by atoms with Gasteiger partial charge in [0.25, 0.3) is 5.91 Å². The van der Waals surface area contributed by atoms with E-state index in [9.17, 15) is 4.79 Å². The van der Waals surface area contributed by atoms with Crippen LogP contribution in [-0.2, 0) is 6.61 Å². The zero-order valence-corrected chi connectivity index (χ0v) is 16.9. The van der Waals surface area contributed by atoms with Crippen molar-refractivity contribution < 1.29 is 9.53 Å². The van der Waals surface area contributed by atoms with Gasteiger partial charge in [-0.05, 0) is 38.5 Å². The molecule has 5 heteroatoms. The maximum atomic E-state index is 13.0. The molecule has 1 aromatic heterocycles. The zero-order chi connectivity index (χ0) is 19.4. The van der Waals surface area contributed by atoms with Crippen LogP contribution in [0.15, 0.2) is 54.6 Å². The highest BCUT2D eigenvalue weighted by Crippen LogP contribution is 2.26. The van der Waals surface area contributed by atoms with E-state index in [1.807, 2.05) is 82.4 Å². The minimum absolute atomic E-state index is 0.00698. The lowest BCUT2D eigenvalue weighted by Crippen LogP contribution is -2.29. The summed E-state index contributed by atoms with van der Waals surface area (Å²) in [5.41, 5.74) is 3.05. The normalized spacial score (nSPS) is 11.9. The van der Waals surface area contributed by atoms with Crippen molar-refractivity contribution in [1.29, 1.82) is 0 Å². The Morgan fingerprint density at radius 3 is 2.44 bits per heavy atom. The standard InChI is InChI=1S/C22H24N2O2S/c1-15-10-12-19(13-11-15)26-14-20-23-16(2)21(27-20)22(25)24(4)17(3)18-8-6-5-7-9-18/h5-13,17H,14H2,1-4H3/t17-/m1/s1. The number of carbonyl (C=O) groups excluding carboxylic acids is 1. The summed E-state index contributed by atoms with van der Waals surface area (Å²) in [4.78, 5) is 19.9. The van der Waals surface area contributed by atoms with Crippen molar-refractivity contribution in [2.75, 3.05) is 7.05 Å². The first-order valence-electron chi connectivity index (χ1n) is 8.93. The molecular formula is C22H24N2O2S. The third-order valence-electron chi connectivity index (χ3n) is 4.60. The van der Waals surface area contributed by atoms with E-state index >= 15 is 0 Å². The van der Waals surface area contributed by atoms with Gasteiger partial charge in [0.2, 0.25) is 0 Å². The van der Waals surface area contributed by atoms with Crippen molar-refractivity contribution in [3.63, 3.8) is 0 Å². The highest BCUT2D eigenvalue weighted by molar-refractivity contribution is 7.13. The molecule has 0 saturated carbocycles. The Bertz CT molecular complexity index is 904. The van der Waals surface area contributed by atoms with E-state index in [-0.39, 0.29) is 11.9 Å². The molecule has 1 heterocycles. The van der Waals surface area contributed by atoms with Crippen LogP contribution < -0.4 is 4.74 Å². The molecule has 0 saturated heterocycles. The molecule has 0 fully saturated rings. The number of ether oxygens (including phenoxy) is 1. The van der Waals surface area contributed by atoms with Gasteiger partial charge in [-0.3, -0.25) is 4.79 Å². The van der Waals surface area contributed by atoms with Crippen LogP contribution in [0.3, 0.4) is 0 Å². The fourth-order valence-corrected chi connectivity index (χ4v) is 3.74. The lowest BCUT2D eigenvalue weighted by atomic mass is 10.1. The molecule has 0 aliphatic carbocycles. The molecule has 1 atom stereocenters. The number of nitrogens with zero attached hydrogens (tertiary/aromatic N) is 2. The monoisotopic (exact) mass is 380 g/mol. The number of carbonyl (C=O) groups is 1. The topological polar surface area (TPSA) is 42.4 Å². The highest BCUT2D eigenvalue weighted by Gasteiger charge is 2.23. The van der Waals surface area contributed by atoms with E-state index in [0.29, 0.717) is 11.5 Å². The van der Waals surface area contributed by atoms with E-state index in [4.69, 9.17) is 4.74 Å². The third-order valence-corrected chi connectivity index (χ3v) is 5.72. The van der Waals surface area contributed by atoms with Crippen LogP contribution in [0.1, 0.15) is 44.5 Å². The molecule has 0 unspecified atom stereocenters. The van der Waals surface area contributed by atoms with E-state index in [2.05, 4.69) is 4.98 Å². The Balaban J connectivity index is 1.69. The number of hydrogen-bond donors (Lipinski definition) is 0. The number of thiazole rings is 1. The van der Waals surface area contributed by atoms with Crippen LogP contribution in [0.4, 0.5) is 0 Å². The van der Waals surface area contributed by atoms with Gasteiger partial charge in [0.05, 0.1) is 11.7 Å². The van der Waals surface area contributed by atoms with Gasteiger partial charge in [-0.25, -0.2) is 4.98 Å². The van der Waals surface area contributed by atoms with Gasteiger partial charge in [-0.15, -0.1) is 11.3 Å². The van der Waals surface area contributed by atoms with Crippen molar-refractivity contribution in [2.45, 2.75) is 33.4 Å². The third kappa shape index (κ3) is 4.55. The first-order valence-corrected chi connectivity index (χ1v) is 9.75. The fraction of sp³-hybridized carbons (Fsp3) is 0.273. The van der Waals surface area contributed by atoms with Gasteiger partial charge in [0.15, 0.2) is 0 Å². The molecule has 4 nitrogen and oxygen atoms in total. The van der Waals surface area contributed by atoms with Crippen LogP contribution in [-0.4, -0.2) is 22.8 Å². The first kappa shape index (κ1) is 19.1. The van der Waals surface area contributed by atoms with Gasteiger partial charge >= 0.3 is 0 Å². The molecule has 140 valence electrons. The van der Waals surface area contributed by atoms with Crippen molar-refractivity contribution in [2.24, 2.45) is 0 Å². The summed E-state index contributed by atoms with van der Waals surface area (Å²) in [6.45, 7) is 6.31. The average Bonchev–Trinajstić information content (AvgIpc) is 3.07. The fourth-order valence-electron chi connectivity index (χ4n) is 2.78. The number of aryl methyl sites for hydroxylation is 2. The Morgan fingerprint density at radius 1 is 1.11 bits per heavy atom. The molecular weight excluding hydrogens is 356 g/mol. The minimum Gasteiger partial charge on any atom is -0.486 e. The molecule has 1 amide bonds. The Morgan fingerprint density at radius 2 is 1.78 bits per heavy atom. The van der Waals surface area contributed by atoms with E-state index in [0.717, 1.165) is 22.0 Å². The number of benzene rings is 2. The minimum atomic E-state index is -0.0112. The van der Waals surface area contributed by atoms with Crippen LogP contribution >= 0.6 is 11.3 Å². The number of aromatic nitrogens is 1. The molecule has 0 bridgehead atoms. The Kier molecular flexibility index (Phi) is 5.91. The van der Waals surface area contributed by atoms with Gasteiger partial charge in [0, 0.05) is 7.05 Å². The van der Waals surface area contributed by atoms with E-state index < -0.39 is 0 Å². The van der Waals surface area contributed by atoms with E-state index in [1.165, 1.54) is 16.9 Å². The molecule has 0 N–H and O–H groups in total. The second-order valence-electron chi connectivity index (χ2n) is 6.63. The molecule has 3 aromatic rings. The maximum Gasteiger partial charge on any atom is 0.266 e. The summed E-state index contributed by atoms with van der Waals surface area (Å²) in [5.74, 6) is 0.791. The van der Waals surface area contributed by atoms with E-state index in [1.54, 1.807) is 4.90 Å². The molecule has 0 spiro atoms. The predicted octanol–water partition coefficient (Wildman–Crippen LogP) is 5.17. The van der Waals surface area contributed by atoms with Crippen LogP contribution in [0.2, 0.25) is 0 Å². The van der Waals surface area contributed by atoms with Crippen LogP contribution in [0.5, 0.6) is 5.75 Å². The summed E-state index contributed by atoms with van der Waals surface area (Å²) in [5, 5.41) is 0.803. The smallest absolute Gasteiger partial charge is 0.266 e. The largest absolute Gasteiger partial charge is 0.486 e. The van der Waals surface area contributed by atoms with Gasteiger partial charge in [-0.1, -0.05) is 48.0 Å². The number of amides is 1. The molecule has 0 aliphatic heterocycles. The van der Waals surface area contributed by atoms with Crippen molar-refractivity contribution in [1.82, 2.24) is 9.88 Å². The van der Waals surface area contributed by atoms with Crippen molar-refractivity contribution in [3.8, 4) is 5.75 Å². The average molecular weight is 381 g/mol. The zero-order valence-electron chi connectivity index (χ0n) is 16.1.